The summed E-state index contributed by atoms with van der Waals surface area (Å²) in [5, 5.41) is 0. The van der Waals surface area contributed by atoms with Crippen LogP contribution in [0.25, 0.3) is 9.40 Å². The fraction of sp³-hybridized carbons (Fsp3) is 0.417. The van der Waals surface area contributed by atoms with Gasteiger partial charge in [0.15, 0.2) is 6.29 Å². The fourth-order valence-electron chi connectivity index (χ4n) is 1.58. The van der Waals surface area contributed by atoms with Crippen molar-refractivity contribution in [3.05, 3.63) is 32.6 Å². The molecule has 0 aliphatic carbocycles. The van der Waals surface area contributed by atoms with Gasteiger partial charge in [-0.3, -0.25) is 4.79 Å². The lowest BCUT2D eigenvalue weighted by Crippen LogP contribution is -2.08. The van der Waals surface area contributed by atoms with Gasteiger partial charge in [0.1, 0.15) is 0 Å². The van der Waals surface area contributed by atoms with Gasteiger partial charge in [-0.1, -0.05) is 28.7 Å². The Morgan fingerprint density at radius 2 is 1.76 bits per heavy atom. The van der Waals surface area contributed by atoms with Crippen LogP contribution in [0.4, 0.5) is 0 Å². The van der Waals surface area contributed by atoms with E-state index in [2.05, 4.69) is 0 Å². The van der Waals surface area contributed by atoms with E-state index in [1.54, 1.807) is 0 Å². The molecule has 17 heavy (non-hydrogen) atoms. The molecule has 1 aromatic heterocycles. The van der Waals surface area contributed by atoms with E-state index in [0.29, 0.717) is 13.2 Å². The average molecular weight is 270 g/mol. The predicted octanol–water partition coefficient (Wildman–Crippen LogP) is 3.39. The van der Waals surface area contributed by atoms with Crippen molar-refractivity contribution in [3.63, 3.8) is 0 Å². The Labute approximate surface area is 108 Å². The van der Waals surface area contributed by atoms with E-state index in [1.807, 2.05) is 32.0 Å². The summed E-state index contributed by atoms with van der Waals surface area (Å²) in [4.78, 5) is 11.3. The monoisotopic (exact) mass is 270 g/mol. The highest BCUT2D eigenvalue weighted by molar-refractivity contribution is 7.35. The van der Waals surface area contributed by atoms with Crippen molar-refractivity contribution in [2.75, 3.05) is 13.2 Å². The van der Waals surface area contributed by atoms with Gasteiger partial charge in [0.2, 0.25) is 0 Å². The smallest absolute Gasteiger partial charge is 0.288 e. The van der Waals surface area contributed by atoms with Gasteiger partial charge in [0, 0.05) is 28.2 Å². The van der Waals surface area contributed by atoms with Crippen molar-refractivity contribution in [2.45, 2.75) is 20.1 Å². The number of rotatable bonds is 5. The van der Waals surface area contributed by atoms with Crippen LogP contribution in [0.5, 0.6) is 0 Å². The van der Waals surface area contributed by atoms with Crippen LogP contribution in [0.2, 0.25) is 0 Å². The molecule has 0 fully saturated rings. The van der Waals surface area contributed by atoms with Gasteiger partial charge in [0.05, 0.1) is 0 Å². The van der Waals surface area contributed by atoms with Gasteiger partial charge >= 0.3 is 0 Å². The van der Waals surface area contributed by atoms with Crippen LogP contribution in [0, 0.1) is 0 Å². The van der Waals surface area contributed by atoms with E-state index < -0.39 is 0 Å². The van der Waals surface area contributed by atoms with Crippen molar-refractivity contribution in [1.29, 1.82) is 0 Å². The first kappa shape index (κ1) is 12.7. The Morgan fingerprint density at radius 3 is 2.41 bits per heavy atom. The summed E-state index contributed by atoms with van der Waals surface area (Å²) in [5.41, 5.74) is 0.968. The molecule has 0 spiro atoms. The number of hydrogen-bond acceptors (Lipinski definition) is 5. The maximum Gasteiger partial charge on any atom is 0.288 e. The lowest BCUT2D eigenvalue weighted by molar-refractivity contribution is -0.140. The molecular formula is C12H14O3S2. The highest BCUT2D eigenvalue weighted by Gasteiger charge is 2.12. The number of hydrogen-bond donors (Lipinski definition) is 0. The van der Waals surface area contributed by atoms with E-state index in [4.69, 9.17) is 9.47 Å². The lowest BCUT2D eigenvalue weighted by Gasteiger charge is -2.17. The molecule has 0 aliphatic heterocycles. The molecule has 5 heteroatoms. The summed E-state index contributed by atoms with van der Waals surface area (Å²) >= 11 is 2.55. The maximum absolute atomic E-state index is 11.3. The molecule has 0 radical (unpaired) electrons. The second-order valence-corrected chi connectivity index (χ2v) is 5.69. The van der Waals surface area contributed by atoms with Gasteiger partial charge < -0.3 is 9.47 Å². The third kappa shape index (κ3) is 2.93. The first-order valence-electron chi connectivity index (χ1n) is 5.51. The first-order valence-corrected chi connectivity index (χ1v) is 7.14. The Morgan fingerprint density at radius 1 is 1.12 bits per heavy atom. The average Bonchev–Trinajstić information content (AvgIpc) is 2.67. The normalized spacial score (nSPS) is 11.5. The number of fused-ring (bicyclic) bond motifs is 1. The van der Waals surface area contributed by atoms with Crippen LogP contribution in [0.1, 0.15) is 25.7 Å². The largest absolute Gasteiger partial charge is 0.349 e. The zero-order valence-corrected chi connectivity index (χ0v) is 11.4. The van der Waals surface area contributed by atoms with Crippen LogP contribution in [-0.4, -0.2) is 13.2 Å². The zero-order valence-electron chi connectivity index (χ0n) is 9.76. The van der Waals surface area contributed by atoms with Crippen molar-refractivity contribution < 1.29 is 9.47 Å². The molecule has 0 saturated carbocycles. The minimum absolute atomic E-state index is 0.126. The Hall–Kier alpha value is -0.750. The van der Waals surface area contributed by atoms with Gasteiger partial charge in [0.25, 0.3) is 4.06 Å². The molecular weight excluding hydrogens is 256 g/mol. The third-order valence-corrected chi connectivity index (χ3v) is 4.36. The molecule has 0 saturated heterocycles. The summed E-state index contributed by atoms with van der Waals surface area (Å²) in [6.07, 6.45) is -0.336. The molecule has 3 nitrogen and oxygen atoms in total. The molecule has 0 aliphatic rings. The standard InChI is InChI=1S/C12H14O3S2/c1-3-14-11(15-4-2)8-5-6-9-10(7-8)17-12(13)16-9/h5-7,11H,3-4H2,1-2H3. The highest BCUT2D eigenvalue weighted by Crippen LogP contribution is 2.27. The molecule has 0 N–H and O–H groups in total. The highest BCUT2D eigenvalue weighted by atomic mass is 32.2. The summed E-state index contributed by atoms with van der Waals surface area (Å²) in [6.45, 7) is 5.08. The maximum atomic E-state index is 11.3. The lowest BCUT2D eigenvalue weighted by atomic mass is 10.2. The van der Waals surface area contributed by atoms with Crippen molar-refractivity contribution in [2.24, 2.45) is 0 Å². The molecule has 0 bridgehead atoms. The Bertz CT molecular complexity index is 538. The SMILES string of the molecule is CCOC(OCC)c1ccc2sc(=O)sc2c1. The summed E-state index contributed by atoms with van der Waals surface area (Å²) in [6, 6.07) is 5.90. The molecule has 0 amide bonds. The van der Waals surface area contributed by atoms with Gasteiger partial charge in [-0.15, -0.1) is 0 Å². The van der Waals surface area contributed by atoms with Crippen LogP contribution in [0.15, 0.2) is 23.0 Å². The van der Waals surface area contributed by atoms with E-state index >= 15 is 0 Å². The Balaban J connectivity index is 2.35. The van der Waals surface area contributed by atoms with Crippen LogP contribution >= 0.6 is 22.7 Å². The van der Waals surface area contributed by atoms with Crippen molar-refractivity contribution in [1.82, 2.24) is 0 Å². The second-order valence-electron chi connectivity index (χ2n) is 3.40. The van der Waals surface area contributed by atoms with Gasteiger partial charge in [-0.25, -0.2) is 0 Å². The topological polar surface area (TPSA) is 35.5 Å². The van der Waals surface area contributed by atoms with Crippen molar-refractivity contribution >= 4 is 32.1 Å². The molecule has 0 atom stereocenters. The molecule has 92 valence electrons. The fourth-order valence-corrected chi connectivity index (χ4v) is 3.55. The third-order valence-electron chi connectivity index (χ3n) is 2.26. The molecule has 0 unspecified atom stereocenters. The molecule has 1 aromatic carbocycles. The van der Waals surface area contributed by atoms with Crippen LogP contribution in [0.3, 0.4) is 0 Å². The van der Waals surface area contributed by atoms with Crippen molar-refractivity contribution in [3.8, 4) is 0 Å². The van der Waals surface area contributed by atoms with Gasteiger partial charge in [-0.05, 0) is 26.0 Å². The van der Waals surface area contributed by atoms with E-state index in [1.165, 1.54) is 22.7 Å². The van der Waals surface area contributed by atoms with Crippen LogP contribution in [-0.2, 0) is 9.47 Å². The Kier molecular flexibility index (Phi) is 4.28. The zero-order chi connectivity index (χ0) is 12.3. The molecule has 2 rings (SSSR count). The van der Waals surface area contributed by atoms with Crippen LogP contribution < -0.4 is 4.06 Å². The predicted molar refractivity (Wildman–Crippen MR) is 72.0 cm³/mol. The quantitative estimate of drug-likeness (QED) is 0.781. The number of ether oxygens (including phenoxy) is 2. The van der Waals surface area contributed by atoms with E-state index in [9.17, 15) is 4.79 Å². The summed E-state index contributed by atoms with van der Waals surface area (Å²) in [7, 11) is 0. The minimum atomic E-state index is -0.336. The molecule has 1 heterocycles. The second kappa shape index (κ2) is 5.73. The summed E-state index contributed by atoms with van der Waals surface area (Å²) in [5.74, 6) is 0. The molecule has 2 aromatic rings. The van der Waals surface area contributed by atoms with E-state index in [0.717, 1.165) is 15.0 Å². The number of benzene rings is 1. The first-order chi connectivity index (χ1) is 8.24. The minimum Gasteiger partial charge on any atom is -0.349 e. The van der Waals surface area contributed by atoms with E-state index in [-0.39, 0.29) is 10.3 Å². The summed E-state index contributed by atoms with van der Waals surface area (Å²) < 4.78 is 13.2. The van der Waals surface area contributed by atoms with Gasteiger partial charge in [-0.2, -0.15) is 0 Å².